The fourth-order valence-corrected chi connectivity index (χ4v) is 3.77. The van der Waals surface area contributed by atoms with E-state index in [1.807, 2.05) is 6.07 Å². The molecule has 1 fully saturated rings. The van der Waals surface area contributed by atoms with Crippen LogP contribution in [0.2, 0.25) is 0 Å². The molecule has 1 unspecified atom stereocenters. The van der Waals surface area contributed by atoms with Gasteiger partial charge in [-0.15, -0.1) is 0 Å². The largest absolute Gasteiger partial charge is 0.342 e. The third-order valence-corrected chi connectivity index (χ3v) is 5.32. The number of hydrogen-bond donors (Lipinski definition) is 2. The second kappa shape index (κ2) is 9.02. The maximum atomic E-state index is 13.7. The summed E-state index contributed by atoms with van der Waals surface area (Å²) in [5.74, 6) is -0.277. The van der Waals surface area contributed by atoms with Crippen LogP contribution in [0.25, 0.3) is 11.1 Å². The quantitative estimate of drug-likeness (QED) is 0.591. The van der Waals surface area contributed by atoms with Crippen molar-refractivity contribution in [1.29, 1.82) is 5.26 Å². The number of hydrogen-bond acceptors (Lipinski definition) is 7. The highest BCUT2D eigenvalue weighted by Crippen LogP contribution is 2.26. The molecule has 8 nitrogen and oxygen atoms in total. The van der Waals surface area contributed by atoms with E-state index in [0.29, 0.717) is 22.4 Å². The van der Waals surface area contributed by atoms with Crippen LogP contribution in [0.4, 0.5) is 10.3 Å². The molecular formula is C22H22FN7O. The van der Waals surface area contributed by atoms with Crippen molar-refractivity contribution < 1.29 is 9.18 Å². The number of nitriles is 1. The van der Waals surface area contributed by atoms with Crippen molar-refractivity contribution in [2.45, 2.75) is 31.3 Å². The van der Waals surface area contributed by atoms with Gasteiger partial charge in [0, 0.05) is 24.8 Å². The zero-order valence-electron chi connectivity index (χ0n) is 17.0. The first-order valence-corrected chi connectivity index (χ1v) is 10.1. The average molecular weight is 419 g/mol. The zero-order chi connectivity index (χ0) is 21.8. The number of aryl methyl sites for hydroxylation is 1. The highest BCUT2D eigenvalue weighted by Gasteiger charge is 2.33. The van der Waals surface area contributed by atoms with Crippen molar-refractivity contribution in [3.63, 3.8) is 0 Å². The van der Waals surface area contributed by atoms with E-state index < -0.39 is 6.04 Å². The van der Waals surface area contributed by atoms with Crippen LogP contribution in [-0.2, 0) is 7.05 Å². The van der Waals surface area contributed by atoms with Gasteiger partial charge in [0.1, 0.15) is 23.6 Å². The van der Waals surface area contributed by atoms with Crippen LogP contribution in [0.15, 0.2) is 42.9 Å². The Kier molecular flexibility index (Phi) is 6.00. The number of carbonyl (C=O) groups excluding carboxylic acids is 1. The summed E-state index contributed by atoms with van der Waals surface area (Å²) in [7, 11) is 1.74. The number of rotatable bonds is 6. The molecular weight excluding hydrogens is 397 g/mol. The lowest BCUT2D eigenvalue weighted by atomic mass is 9.92. The van der Waals surface area contributed by atoms with Gasteiger partial charge in [-0.2, -0.15) is 10.4 Å². The first kappa shape index (κ1) is 20.6. The van der Waals surface area contributed by atoms with Crippen molar-refractivity contribution >= 4 is 11.7 Å². The molecule has 0 aliphatic carbocycles. The standard InChI is InChI=1S/C22H22FN7O/c1-30-13-17(15-5-7-16(23)8-6-15)19(29-30)21(31)20(18-4-2-3-9-25-18)28-22-26-11-14(10-24)12-27-22/h5-8,11-13,18,20,25H,2-4,9H2,1H3,(H,26,27,28)/t18?,20-/m0/s1. The van der Waals surface area contributed by atoms with Gasteiger partial charge in [-0.25, -0.2) is 14.4 Å². The lowest BCUT2D eigenvalue weighted by Crippen LogP contribution is -2.51. The monoisotopic (exact) mass is 419 g/mol. The smallest absolute Gasteiger partial charge is 0.223 e. The van der Waals surface area contributed by atoms with Crippen LogP contribution < -0.4 is 10.6 Å². The summed E-state index contributed by atoms with van der Waals surface area (Å²) in [6, 6.07) is 7.20. The fourth-order valence-electron chi connectivity index (χ4n) is 3.77. The third kappa shape index (κ3) is 4.59. The number of halogens is 1. The molecule has 1 aromatic carbocycles. The minimum Gasteiger partial charge on any atom is -0.342 e. The molecule has 31 heavy (non-hydrogen) atoms. The summed E-state index contributed by atoms with van der Waals surface area (Å²) in [5, 5.41) is 19.9. The van der Waals surface area contributed by atoms with Crippen molar-refractivity contribution in [2.75, 3.05) is 11.9 Å². The maximum absolute atomic E-state index is 13.7. The van der Waals surface area contributed by atoms with E-state index in [2.05, 4.69) is 25.7 Å². The number of aromatic nitrogens is 4. The number of anilines is 1. The molecule has 1 saturated heterocycles. The van der Waals surface area contributed by atoms with Crippen LogP contribution in [0.1, 0.15) is 35.3 Å². The Bertz CT molecular complexity index is 1100. The molecule has 9 heteroatoms. The lowest BCUT2D eigenvalue weighted by Gasteiger charge is -2.30. The molecule has 0 amide bonds. The van der Waals surface area contributed by atoms with Gasteiger partial charge in [0.05, 0.1) is 18.0 Å². The Morgan fingerprint density at radius 3 is 2.68 bits per heavy atom. The predicted octanol–water partition coefficient (Wildman–Crippen LogP) is 2.69. The molecule has 0 radical (unpaired) electrons. The van der Waals surface area contributed by atoms with Gasteiger partial charge in [0.2, 0.25) is 11.7 Å². The van der Waals surface area contributed by atoms with Crippen LogP contribution in [0.3, 0.4) is 0 Å². The molecule has 0 spiro atoms. The Morgan fingerprint density at radius 1 is 1.29 bits per heavy atom. The second-order valence-corrected chi connectivity index (χ2v) is 7.52. The topological polar surface area (TPSA) is 109 Å². The van der Waals surface area contributed by atoms with Gasteiger partial charge in [-0.05, 0) is 37.1 Å². The Hall–Kier alpha value is -3.64. The summed E-state index contributed by atoms with van der Waals surface area (Å²) < 4.78 is 15.0. The molecule has 0 saturated carbocycles. The van der Waals surface area contributed by atoms with Crippen LogP contribution in [0.5, 0.6) is 0 Å². The normalized spacial score (nSPS) is 17.0. The van der Waals surface area contributed by atoms with E-state index in [1.54, 1.807) is 30.1 Å². The summed E-state index contributed by atoms with van der Waals surface area (Å²) in [5.41, 5.74) is 1.99. The zero-order valence-corrected chi connectivity index (χ0v) is 17.0. The van der Waals surface area contributed by atoms with Crippen molar-refractivity contribution in [2.24, 2.45) is 7.05 Å². The molecule has 1 aliphatic rings. The van der Waals surface area contributed by atoms with E-state index in [9.17, 15) is 9.18 Å². The van der Waals surface area contributed by atoms with Crippen LogP contribution in [-0.4, -0.2) is 44.2 Å². The molecule has 3 heterocycles. The lowest BCUT2D eigenvalue weighted by molar-refractivity contribution is 0.0940. The maximum Gasteiger partial charge on any atom is 0.223 e. The van der Waals surface area contributed by atoms with Crippen molar-refractivity contribution in [3.8, 4) is 17.2 Å². The molecule has 158 valence electrons. The van der Waals surface area contributed by atoms with E-state index in [1.165, 1.54) is 24.5 Å². The molecule has 1 aliphatic heterocycles. The minimum atomic E-state index is -0.651. The van der Waals surface area contributed by atoms with Gasteiger partial charge < -0.3 is 10.6 Å². The number of Topliss-reactive ketones (excluding diaryl/α,β-unsaturated/α-hetero) is 1. The SMILES string of the molecule is Cn1cc(-c2ccc(F)cc2)c(C(=O)[C@@H](Nc2ncc(C#N)cn2)C2CCCCN2)n1. The molecule has 2 atom stereocenters. The van der Waals surface area contributed by atoms with E-state index in [4.69, 9.17) is 5.26 Å². The summed E-state index contributed by atoms with van der Waals surface area (Å²) in [4.78, 5) is 22.0. The number of nitrogens with zero attached hydrogens (tertiary/aromatic N) is 5. The molecule has 0 bridgehead atoms. The summed E-state index contributed by atoms with van der Waals surface area (Å²) in [6.45, 7) is 0.817. The van der Waals surface area contributed by atoms with Gasteiger partial charge in [0.25, 0.3) is 0 Å². The Morgan fingerprint density at radius 2 is 2.03 bits per heavy atom. The highest BCUT2D eigenvalue weighted by molar-refractivity contribution is 6.05. The van der Waals surface area contributed by atoms with Crippen molar-refractivity contribution in [1.82, 2.24) is 25.1 Å². The molecule has 2 aromatic heterocycles. The van der Waals surface area contributed by atoms with E-state index in [-0.39, 0.29) is 23.6 Å². The number of nitrogens with one attached hydrogen (secondary N) is 2. The number of ketones is 1. The second-order valence-electron chi connectivity index (χ2n) is 7.52. The number of carbonyl (C=O) groups is 1. The average Bonchev–Trinajstić information content (AvgIpc) is 3.20. The highest BCUT2D eigenvalue weighted by atomic mass is 19.1. The van der Waals surface area contributed by atoms with E-state index in [0.717, 1.165) is 25.8 Å². The number of piperidine rings is 1. The Balaban J connectivity index is 1.68. The van der Waals surface area contributed by atoms with Crippen molar-refractivity contribution in [3.05, 3.63) is 59.9 Å². The van der Waals surface area contributed by atoms with Gasteiger partial charge in [-0.1, -0.05) is 18.6 Å². The minimum absolute atomic E-state index is 0.122. The third-order valence-electron chi connectivity index (χ3n) is 5.32. The summed E-state index contributed by atoms with van der Waals surface area (Å²) >= 11 is 0. The number of benzene rings is 1. The summed E-state index contributed by atoms with van der Waals surface area (Å²) in [6.07, 6.45) is 7.45. The van der Waals surface area contributed by atoms with Gasteiger partial charge in [-0.3, -0.25) is 9.48 Å². The molecule has 4 rings (SSSR count). The molecule has 2 N–H and O–H groups in total. The predicted molar refractivity (Wildman–Crippen MR) is 113 cm³/mol. The first-order chi connectivity index (χ1) is 15.0. The van der Waals surface area contributed by atoms with Crippen LogP contribution >= 0.6 is 0 Å². The fraction of sp³-hybridized carbons (Fsp3) is 0.318. The first-order valence-electron chi connectivity index (χ1n) is 10.1. The van der Waals surface area contributed by atoms with Crippen LogP contribution in [0, 0.1) is 17.1 Å². The van der Waals surface area contributed by atoms with Gasteiger partial charge in [0.15, 0.2) is 0 Å². The molecule has 3 aromatic rings. The Labute approximate surface area is 179 Å². The van der Waals surface area contributed by atoms with Gasteiger partial charge >= 0.3 is 0 Å². The van der Waals surface area contributed by atoms with E-state index >= 15 is 0 Å².